The number of allylic oxidation sites excluding steroid dienone is 2. The molecule has 1 atom stereocenters. The van der Waals surface area contributed by atoms with Crippen molar-refractivity contribution in [1.29, 1.82) is 0 Å². The average Bonchev–Trinajstić information content (AvgIpc) is 2.47. The van der Waals surface area contributed by atoms with Crippen LogP contribution in [0.2, 0.25) is 0 Å². The molecule has 0 bridgehead atoms. The second-order valence-corrected chi connectivity index (χ2v) is 4.85. The molecule has 0 saturated heterocycles. The predicted molar refractivity (Wildman–Crippen MR) is 85.5 cm³/mol. The first kappa shape index (κ1) is 16.4. The summed E-state index contributed by atoms with van der Waals surface area (Å²) in [5, 5.41) is 10.4. The Balaban J connectivity index is 3.29. The number of rotatable bonds is 8. The SMILES string of the molecule is C=CC/C(=C(/CCOC)C(O)C(=C)C)c1ccccc1. The van der Waals surface area contributed by atoms with Crippen molar-refractivity contribution >= 4 is 5.57 Å². The molecular weight excluding hydrogens is 248 g/mol. The van der Waals surface area contributed by atoms with Crippen LogP contribution in [-0.4, -0.2) is 24.9 Å². The Hall–Kier alpha value is -1.64. The Morgan fingerprint density at radius 3 is 2.50 bits per heavy atom. The van der Waals surface area contributed by atoms with Gasteiger partial charge in [-0.15, -0.1) is 6.58 Å². The molecule has 0 radical (unpaired) electrons. The van der Waals surface area contributed by atoms with E-state index >= 15 is 0 Å². The molecule has 1 N–H and O–H groups in total. The van der Waals surface area contributed by atoms with Gasteiger partial charge in [-0.05, 0) is 42.0 Å². The first-order chi connectivity index (χ1) is 9.61. The molecule has 2 heteroatoms. The largest absolute Gasteiger partial charge is 0.384 e. The number of methoxy groups -OCH3 is 1. The van der Waals surface area contributed by atoms with Crippen LogP contribution in [0.4, 0.5) is 0 Å². The van der Waals surface area contributed by atoms with Crippen molar-refractivity contribution in [3.63, 3.8) is 0 Å². The molecular formula is C18H24O2. The van der Waals surface area contributed by atoms with Gasteiger partial charge in [0, 0.05) is 7.11 Å². The highest BCUT2D eigenvalue weighted by Gasteiger charge is 2.17. The molecule has 0 aromatic heterocycles. The predicted octanol–water partition coefficient (Wildman–Crippen LogP) is 3.99. The first-order valence-electron chi connectivity index (χ1n) is 6.82. The molecule has 0 aliphatic heterocycles. The van der Waals surface area contributed by atoms with Crippen LogP contribution < -0.4 is 0 Å². The van der Waals surface area contributed by atoms with Crippen molar-refractivity contribution in [2.24, 2.45) is 0 Å². The second-order valence-electron chi connectivity index (χ2n) is 4.85. The van der Waals surface area contributed by atoms with Gasteiger partial charge in [-0.3, -0.25) is 0 Å². The van der Waals surface area contributed by atoms with Crippen LogP contribution >= 0.6 is 0 Å². The van der Waals surface area contributed by atoms with E-state index in [1.54, 1.807) is 7.11 Å². The highest BCUT2D eigenvalue weighted by molar-refractivity contribution is 5.71. The molecule has 1 rings (SSSR count). The minimum absolute atomic E-state index is 0.577. The van der Waals surface area contributed by atoms with Crippen molar-refractivity contribution < 1.29 is 9.84 Å². The van der Waals surface area contributed by atoms with E-state index in [2.05, 4.69) is 25.3 Å². The highest BCUT2D eigenvalue weighted by atomic mass is 16.5. The van der Waals surface area contributed by atoms with E-state index in [0.717, 1.165) is 22.3 Å². The van der Waals surface area contributed by atoms with Crippen molar-refractivity contribution in [3.8, 4) is 0 Å². The Labute approximate surface area is 122 Å². The maximum Gasteiger partial charge on any atom is 0.0962 e. The Morgan fingerprint density at radius 1 is 1.35 bits per heavy atom. The zero-order chi connectivity index (χ0) is 15.0. The van der Waals surface area contributed by atoms with E-state index < -0.39 is 6.10 Å². The van der Waals surface area contributed by atoms with Crippen LogP contribution in [0, 0.1) is 0 Å². The van der Waals surface area contributed by atoms with Gasteiger partial charge in [0.15, 0.2) is 0 Å². The molecule has 108 valence electrons. The van der Waals surface area contributed by atoms with Gasteiger partial charge in [0.05, 0.1) is 12.7 Å². The van der Waals surface area contributed by atoms with Crippen LogP contribution in [0.3, 0.4) is 0 Å². The fourth-order valence-electron chi connectivity index (χ4n) is 2.18. The van der Waals surface area contributed by atoms with Gasteiger partial charge in [-0.25, -0.2) is 0 Å². The quantitative estimate of drug-likeness (QED) is 0.725. The van der Waals surface area contributed by atoms with E-state index in [4.69, 9.17) is 4.74 Å². The van der Waals surface area contributed by atoms with Crippen molar-refractivity contribution in [3.05, 3.63) is 66.3 Å². The third-order valence-corrected chi connectivity index (χ3v) is 3.23. The third-order valence-electron chi connectivity index (χ3n) is 3.23. The topological polar surface area (TPSA) is 29.5 Å². The van der Waals surface area contributed by atoms with Crippen LogP contribution in [-0.2, 0) is 4.74 Å². The van der Waals surface area contributed by atoms with Gasteiger partial charge in [0.2, 0.25) is 0 Å². The Kier molecular flexibility index (Phi) is 6.99. The standard InChI is InChI=1S/C18H24O2/c1-5-9-16(15-10-7-6-8-11-15)17(12-13-20-4)18(19)14(2)3/h5-8,10-11,18-19H,1-2,9,12-13H2,3-4H3/b17-16+. The molecule has 0 aliphatic carbocycles. The first-order valence-corrected chi connectivity index (χ1v) is 6.82. The van der Waals surface area contributed by atoms with E-state index in [9.17, 15) is 5.11 Å². The number of aliphatic hydroxyl groups excluding tert-OH is 1. The summed E-state index contributed by atoms with van der Waals surface area (Å²) in [5.74, 6) is 0. The smallest absolute Gasteiger partial charge is 0.0962 e. The zero-order valence-corrected chi connectivity index (χ0v) is 12.4. The lowest BCUT2D eigenvalue weighted by Crippen LogP contribution is -2.15. The molecule has 0 fully saturated rings. The van der Waals surface area contributed by atoms with Gasteiger partial charge >= 0.3 is 0 Å². The number of benzene rings is 1. The normalized spacial score (nSPS) is 13.6. The molecule has 1 aromatic rings. The van der Waals surface area contributed by atoms with E-state index in [1.165, 1.54) is 0 Å². The maximum absolute atomic E-state index is 10.4. The molecule has 0 aliphatic rings. The summed E-state index contributed by atoms with van der Waals surface area (Å²) in [6.45, 7) is 10.1. The summed E-state index contributed by atoms with van der Waals surface area (Å²) in [6.07, 6.45) is 2.62. The zero-order valence-electron chi connectivity index (χ0n) is 12.4. The summed E-state index contributed by atoms with van der Waals surface area (Å²) in [4.78, 5) is 0. The summed E-state index contributed by atoms with van der Waals surface area (Å²) >= 11 is 0. The highest BCUT2D eigenvalue weighted by Crippen LogP contribution is 2.29. The van der Waals surface area contributed by atoms with Crippen LogP contribution in [0.25, 0.3) is 5.57 Å². The molecule has 0 amide bonds. The number of hydrogen-bond acceptors (Lipinski definition) is 2. The molecule has 0 saturated carbocycles. The van der Waals surface area contributed by atoms with Crippen LogP contribution in [0.5, 0.6) is 0 Å². The average molecular weight is 272 g/mol. The molecule has 20 heavy (non-hydrogen) atoms. The molecule has 0 heterocycles. The number of ether oxygens (including phenoxy) is 1. The number of aliphatic hydroxyl groups is 1. The second kappa shape index (κ2) is 8.51. The lowest BCUT2D eigenvalue weighted by molar-refractivity contribution is 0.187. The lowest BCUT2D eigenvalue weighted by atomic mass is 9.90. The molecule has 2 nitrogen and oxygen atoms in total. The van der Waals surface area contributed by atoms with Crippen molar-refractivity contribution in [1.82, 2.24) is 0 Å². The van der Waals surface area contributed by atoms with Gasteiger partial charge in [-0.2, -0.15) is 0 Å². The van der Waals surface area contributed by atoms with E-state index in [-0.39, 0.29) is 0 Å². The van der Waals surface area contributed by atoms with Gasteiger partial charge in [-0.1, -0.05) is 43.0 Å². The number of hydrogen-bond donors (Lipinski definition) is 1. The fraction of sp³-hybridized carbons (Fsp3) is 0.333. The monoisotopic (exact) mass is 272 g/mol. The third kappa shape index (κ3) is 4.48. The fourth-order valence-corrected chi connectivity index (χ4v) is 2.18. The van der Waals surface area contributed by atoms with E-state index in [1.807, 2.05) is 31.2 Å². The Bertz CT molecular complexity index is 471. The van der Waals surface area contributed by atoms with Crippen molar-refractivity contribution in [2.75, 3.05) is 13.7 Å². The summed E-state index contributed by atoms with van der Waals surface area (Å²) in [7, 11) is 1.67. The Morgan fingerprint density at radius 2 is 2.00 bits per heavy atom. The van der Waals surface area contributed by atoms with Crippen LogP contribution in [0.1, 0.15) is 25.3 Å². The molecule has 1 aromatic carbocycles. The maximum atomic E-state index is 10.4. The van der Waals surface area contributed by atoms with Gasteiger partial charge in [0.25, 0.3) is 0 Å². The summed E-state index contributed by atoms with van der Waals surface area (Å²) in [6, 6.07) is 10.1. The minimum atomic E-state index is -0.639. The van der Waals surface area contributed by atoms with Gasteiger partial charge < -0.3 is 9.84 Å². The van der Waals surface area contributed by atoms with Gasteiger partial charge in [0.1, 0.15) is 0 Å². The van der Waals surface area contributed by atoms with Crippen molar-refractivity contribution in [2.45, 2.75) is 25.9 Å². The minimum Gasteiger partial charge on any atom is -0.384 e. The summed E-state index contributed by atoms with van der Waals surface area (Å²) < 4.78 is 5.17. The van der Waals surface area contributed by atoms with Crippen LogP contribution in [0.15, 0.2) is 60.7 Å². The molecule has 0 spiro atoms. The van der Waals surface area contributed by atoms with E-state index in [0.29, 0.717) is 19.4 Å². The summed E-state index contributed by atoms with van der Waals surface area (Å²) in [5.41, 5.74) is 3.92. The molecule has 1 unspecified atom stereocenters. The lowest BCUT2D eigenvalue weighted by Gasteiger charge is -2.20.